The van der Waals surface area contributed by atoms with Crippen molar-refractivity contribution in [2.75, 3.05) is 11.5 Å². The number of hydrogen-bond acceptors (Lipinski definition) is 3. The van der Waals surface area contributed by atoms with Crippen LogP contribution >= 0.6 is 24.2 Å². The number of halogens is 1. The van der Waals surface area contributed by atoms with E-state index in [1.165, 1.54) is 21.6 Å². The molecule has 124 valence electrons. The summed E-state index contributed by atoms with van der Waals surface area (Å²) in [5.74, 6) is 1.99. The van der Waals surface area contributed by atoms with Crippen molar-refractivity contribution < 1.29 is 4.74 Å². The minimum atomic E-state index is -0.168. The molecule has 23 heavy (non-hydrogen) atoms. The molecule has 0 amide bonds. The minimum absolute atomic E-state index is 0. The van der Waals surface area contributed by atoms with Crippen molar-refractivity contribution in [1.82, 2.24) is 0 Å². The molecule has 0 bridgehead atoms. The number of fused-ring (bicyclic) bond motifs is 1. The Morgan fingerprint density at radius 3 is 2.39 bits per heavy atom. The highest BCUT2D eigenvalue weighted by Gasteiger charge is 2.37. The van der Waals surface area contributed by atoms with Crippen LogP contribution in [0.2, 0.25) is 0 Å². The molecule has 0 saturated carbocycles. The minimum Gasteiger partial charge on any atom is -0.486 e. The predicted octanol–water partition coefficient (Wildman–Crippen LogP) is 5.10. The van der Waals surface area contributed by atoms with E-state index in [0.717, 1.165) is 29.2 Å². The van der Waals surface area contributed by atoms with Crippen LogP contribution in [0.5, 0.6) is 5.75 Å². The van der Waals surface area contributed by atoms with Crippen molar-refractivity contribution in [1.29, 1.82) is 0 Å². The van der Waals surface area contributed by atoms with E-state index in [1.807, 2.05) is 17.8 Å². The van der Waals surface area contributed by atoms with E-state index >= 15 is 0 Å². The van der Waals surface area contributed by atoms with Gasteiger partial charge in [-0.2, -0.15) is 0 Å². The van der Waals surface area contributed by atoms with Gasteiger partial charge >= 0.3 is 0 Å². The molecule has 0 radical (unpaired) electrons. The summed E-state index contributed by atoms with van der Waals surface area (Å²) in [7, 11) is 0. The second-order valence-corrected chi connectivity index (χ2v) is 7.48. The van der Waals surface area contributed by atoms with Crippen molar-refractivity contribution in [3.05, 3.63) is 52.6 Å². The van der Waals surface area contributed by atoms with Crippen molar-refractivity contribution in [2.45, 2.75) is 44.6 Å². The SMILES string of the molecule is Cc1c(C)c2c(c(C)c1N)CC(C)(CSc1ccccc1)O2.Cl. The lowest BCUT2D eigenvalue weighted by Gasteiger charge is -2.24. The van der Waals surface area contributed by atoms with Gasteiger partial charge in [-0.3, -0.25) is 0 Å². The Kier molecular flexibility index (Phi) is 5.22. The fraction of sp³-hybridized carbons (Fsp3) is 0.368. The lowest BCUT2D eigenvalue weighted by atomic mass is 9.93. The largest absolute Gasteiger partial charge is 0.486 e. The maximum absolute atomic E-state index is 6.39. The Morgan fingerprint density at radius 2 is 1.74 bits per heavy atom. The summed E-state index contributed by atoms with van der Waals surface area (Å²) in [5, 5.41) is 0. The molecule has 4 heteroatoms. The molecule has 2 N–H and O–H groups in total. The molecule has 1 aliphatic rings. The second kappa shape index (κ2) is 6.66. The van der Waals surface area contributed by atoms with Crippen molar-refractivity contribution >= 4 is 29.9 Å². The van der Waals surface area contributed by atoms with Crippen LogP contribution in [0.15, 0.2) is 35.2 Å². The predicted molar refractivity (Wildman–Crippen MR) is 102 cm³/mol. The molecule has 0 spiro atoms. The summed E-state index contributed by atoms with van der Waals surface area (Å²) < 4.78 is 6.39. The van der Waals surface area contributed by atoms with Crippen LogP contribution in [0.1, 0.15) is 29.2 Å². The Hall–Kier alpha value is -1.32. The Morgan fingerprint density at radius 1 is 1.09 bits per heavy atom. The summed E-state index contributed by atoms with van der Waals surface area (Å²) in [6.07, 6.45) is 0.930. The van der Waals surface area contributed by atoms with Crippen LogP contribution in [-0.4, -0.2) is 11.4 Å². The number of anilines is 1. The van der Waals surface area contributed by atoms with E-state index in [2.05, 4.69) is 52.0 Å². The summed E-state index contributed by atoms with van der Waals surface area (Å²) in [6.45, 7) is 8.50. The highest BCUT2D eigenvalue weighted by Crippen LogP contribution is 2.45. The van der Waals surface area contributed by atoms with E-state index in [9.17, 15) is 0 Å². The first-order valence-corrected chi connectivity index (χ1v) is 8.65. The van der Waals surface area contributed by atoms with E-state index < -0.39 is 0 Å². The number of benzene rings is 2. The van der Waals surface area contributed by atoms with Gasteiger partial charge in [-0.1, -0.05) is 18.2 Å². The van der Waals surface area contributed by atoms with Crippen LogP contribution in [0.3, 0.4) is 0 Å². The van der Waals surface area contributed by atoms with E-state index in [0.29, 0.717) is 0 Å². The summed E-state index contributed by atoms with van der Waals surface area (Å²) in [4.78, 5) is 1.28. The third-order valence-corrected chi connectivity index (χ3v) is 5.98. The summed E-state index contributed by atoms with van der Waals surface area (Å²) in [5.41, 5.74) is 11.8. The number of nitrogen functional groups attached to an aromatic ring is 1. The van der Waals surface area contributed by atoms with Gasteiger partial charge in [0.2, 0.25) is 0 Å². The van der Waals surface area contributed by atoms with Gasteiger partial charge in [-0.25, -0.2) is 0 Å². The number of ether oxygens (including phenoxy) is 1. The molecule has 2 aromatic carbocycles. The van der Waals surface area contributed by atoms with Crippen molar-refractivity contribution in [3.63, 3.8) is 0 Å². The van der Waals surface area contributed by atoms with Gasteiger partial charge in [-0.15, -0.1) is 24.2 Å². The fourth-order valence-electron chi connectivity index (χ4n) is 3.05. The maximum atomic E-state index is 6.39. The Labute approximate surface area is 149 Å². The van der Waals surface area contributed by atoms with Crippen molar-refractivity contribution in [3.8, 4) is 5.75 Å². The molecule has 1 aliphatic heterocycles. The van der Waals surface area contributed by atoms with E-state index in [-0.39, 0.29) is 18.0 Å². The zero-order valence-corrected chi connectivity index (χ0v) is 15.7. The molecule has 3 rings (SSSR count). The topological polar surface area (TPSA) is 35.2 Å². The lowest BCUT2D eigenvalue weighted by Crippen LogP contribution is -2.33. The van der Waals surface area contributed by atoms with Crippen LogP contribution < -0.4 is 10.5 Å². The van der Waals surface area contributed by atoms with Gasteiger partial charge in [0.05, 0.1) is 0 Å². The van der Waals surface area contributed by atoms with Gasteiger partial charge in [0.25, 0.3) is 0 Å². The zero-order chi connectivity index (χ0) is 15.9. The number of hydrogen-bond donors (Lipinski definition) is 1. The average molecular weight is 350 g/mol. The summed E-state index contributed by atoms with van der Waals surface area (Å²) in [6, 6.07) is 10.5. The number of rotatable bonds is 3. The van der Waals surface area contributed by atoms with Gasteiger partial charge in [-0.05, 0) is 56.5 Å². The van der Waals surface area contributed by atoms with Crippen LogP contribution in [0, 0.1) is 20.8 Å². The Balaban J connectivity index is 0.00000192. The first-order chi connectivity index (χ1) is 10.4. The van der Waals surface area contributed by atoms with Gasteiger partial charge < -0.3 is 10.5 Å². The van der Waals surface area contributed by atoms with Gasteiger partial charge in [0, 0.05) is 28.3 Å². The smallest absolute Gasteiger partial charge is 0.127 e. The van der Waals surface area contributed by atoms with E-state index in [4.69, 9.17) is 10.5 Å². The van der Waals surface area contributed by atoms with Crippen LogP contribution in [0.4, 0.5) is 5.69 Å². The normalized spacial score (nSPS) is 19.0. The highest BCUT2D eigenvalue weighted by atomic mass is 35.5. The highest BCUT2D eigenvalue weighted by molar-refractivity contribution is 7.99. The molecule has 2 aromatic rings. The fourth-order valence-corrected chi connectivity index (χ4v) is 4.04. The standard InChI is InChI=1S/C19H23NOS.ClH/c1-12-13(2)18-16(14(3)17(12)20)10-19(4,21-18)11-22-15-8-6-5-7-9-15;/h5-9H,10-11,20H2,1-4H3;1H. The first kappa shape index (κ1) is 18.0. The molecule has 1 heterocycles. The van der Waals surface area contributed by atoms with Crippen LogP contribution in [0.25, 0.3) is 0 Å². The van der Waals surface area contributed by atoms with E-state index in [1.54, 1.807) is 0 Å². The quantitative estimate of drug-likeness (QED) is 0.618. The molecule has 2 nitrogen and oxygen atoms in total. The third-order valence-electron chi connectivity index (χ3n) is 4.62. The molecular formula is C19H24ClNOS. The maximum Gasteiger partial charge on any atom is 0.127 e. The molecule has 0 fully saturated rings. The molecule has 0 saturated heterocycles. The molecule has 1 atom stereocenters. The lowest BCUT2D eigenvalue weighted by molar-refractivity contribution is 0.143. The molecule has 0 aliphatic carbocycles. The average Bonchev–Trinajstić information content (AvgIpc) is 2.89. The summed E-state index contributed by atoms with van der Waals surface area (Å²) >= 11 is 1.85. The van der Waals surface area contributed by atoms with Gasteiger partial charge in [0.1, 0.15) is 11.4 Å². The first-order valence-electron chi connectivity index (χ1n) is 7.66. The molecule has 1 unspecified atom stereocenters. The monoisotopic (exact) mass is 349 g/mol. The van der Waals surface area contributed by atoms with Crippen LogP contribution in [-0.2, 0) is 6.42 Å². The molecule has 0 aromatic heterocycles. The van der Waals surface area contributed by atoms with Crippen molar-refractivity contribution in [2.24, 2.45) is 0 Å². The number of thioether (sulfide) groups is 1. The molecular weight excluding hydrogens is 326 g/mol. The zero-order valence-electron chi connectivity index (χ0n) is 14.1. The number of nitrogens with two attached hydrogens (primary N) is 1. The second-order valence-electron chi connectivity index (χ2n) is 6.43. The van der Waals surface area contributed by atoms with Gasteiger partial charge in [0.15, 0.2) is 0 Å². The Bertz CT molecular complexity index is 678. The third kappa shape index (κ3) is 3.31.